The van der Waals surface area contributed by atoms with Crippen LogP contribution in [0.25, 0.3) is 6.08 Å². The van der Waals surface area contributed by atoms with Gasteiger partial charge in [-0.05, 0) is 32.1 Å². The van der Waals surface area contributed by atoms with Gasteiger partial charge in [-0.25, -0.2) is 4.79 Å². The Bertz CT molecular complexity index is 540. The van der Waals surface area contributed by atoms with Gasteiger partial charge in [0.15, 0.2) is 0 Å². The Kier molecular flexibility index (Phi) is 6.75. The fourth-order valence-electron chi connectivity index (χ4n) is 1.61. The van der Waals surface area contributed by atoms with Crippen molar-refractivity contribution >= 4 is 29.6 Å². The molecule has 0 spiro atoms. The number of ether oxygens (including phenoxy) is 1. The highest BCUT2D eigenvalue weighted by Gasteiger charge is 2.08. The number of carbonyl (C=O) groups excluding carboxylic acids is 1. The fraction of sp³-hybridized carbons (Fsp3) is 0.333. The van der Waals surface area contributed by atoms with Gasteiger partial charge < -0.3 is 15.2 Å². The Labute approximate surface area is 128 Å². The van der Waals surface area contributed by atoms with Crippen molar-refractivity contribution in [3.63, 3.8) is 0 Å². The van der Waals surface area contributed by atoms with Gasteiger partial charge in [-0.2, -0.15) is 0 Å². The van der Waals surface area contributed by atoms with E-state index in [1.54, 1.807) is 18.2 Å². The maximum atomic E-state index is 11.5. The molecule has 0 saturated carbocycles. The highest BCUT2D eigenvalue weighted by Crippen LogP contribution is 2.27. The van der Waals surface area contributed by atoms with E-state index in [4.69, 9.17) is 21.4 Å². The van der Waals surface area contributed by atoms with Gasteiger partial charge in [0.1, 0.15) is 5.75 Å². The fourth-order valence-corrected chi connectivity index (χ4v) is 1.84. The topological polar surface area (TPSA) is 75.6 Å². The molecule has 0 heterocycles. The van der Waals surface area contributed by atoms with Gasteiger partial charge in [0.05, 0.1) is 18.1 Å². The van der Waals surface area contributed by atoms with Crippen molar-refractivity contribution in [1.82, 2.24) is 5.32 Å². The lowest BCUT2D eigenvalue weighted by molar-refractivity contribution is -0.131. The third-order valence-corrected chi connectivity index (χ3v) is 2.77. The molecule has 0 aliphatic carbocycles. The molecule has 21 heavy (non-hydrogen) atoms. The van der Waals surface area contributed by atoms with Gasteiger partial charge >= 0.3 is 5.97 Å². The molecule has 0 saturated heterocycles. The predicted molar refractivity (Wildman–Crippen MR) is 81.5 cm³/mol. The number of benzene rings is 1. The Morgan fingerprint density at radius 2 is 2.14 bits per heavy atom. The molecule has 5 nitrogen and oxygen atoms in total. The molecule has 0 aliphatic rings. The van der Waals surface area contributed by atoms with E-state index in [9.17, 15) is 9.59 Å². The molecule has 0 radical (unpaired) electrons. The molecule has 0 unspecified atom stereocenters. The summed E-state index contributed by atoms with van der Waals surface area (Å²) in [7, 11) is 0. The van der Waals surface area contributed by atoms with Crippen LogP contribution in [0.5, 0.6) is 5.75 Å². The number of nitrogens with one attached hydrogen (secondary N) is 1. The third-order valence-electron chi connectivity index (χ3n) is 2.44. The van der Waals surface area contributed by atoms with Crippen molar-refractivity contribution in [3.8, 4) is 5.75 Å². The van der Waals surface area contributed by atoms with Crippen LogP contribution >= 0.6 is 11.6 Å². The Balaban J connectivity index is 2.69. The van der Waals surface area contributed by atoms with Gasteiger partial charge in [-0.3, -0.25) is 4.79 Å². The SMILES string of the molecule is CC(C)NC(=O)CCOc1cccc(Cl)c1/C=C/C(=O)O. The maximum Gasteiger partial charge on any atom is 0.328 e. The van der Waals surface area contributed by atoms with E-state index in [2.05, 4.69) is 5.32 Å². The van der Waals surface area contributed by atoms with E-state index < -0.39 is 5.97 Å². The van der Waals surface area contributed by atoms with Crippen molar-refractivity contribution in [1.29, 1.82) is 0 Å². The molecule has 1 aromatic rings. The first kappa shape index (κ1) is 17.0. The molecule has 2 N–H and O–H groups in total. The minimum Gasteiger partial charge on any atom is -0.492 e. The average Bonchev–Trinajstić information content (AvgIpc) is 2.36. The van der Waals surface area contributed by atoms with E-state index in [1.165, 1.54) is 6.08 Å². The summed E-state index contributed by atoms with van der Waals surface area (Å²) in [6.07, 6.45) is 2.57. The molecule has 1 aromatic carbocycles. The zero-order valence-corrected chi connectivity index (χ0v) is 12.7. The maximum absolute atomic E-state index is 11.5. The lowest BCUT2D eigenvalue weighted by Crippen LogP contribution is -2.31. The predicted octanol–water partition coefficient (Wildman–Crippen LogP) is 2.73. The molecule has 0 aromatic heterocycles. The van der Waals surface area contributed by atoms with Crippen LogP contribution < -0.4 is 10.1 Å². The van der Waals surface area contributed by atoms with Crippen molar-refractivity contribution in [2.75, 3.05) is 6.61 Å². The van der Waals surface area contributed by atoms with E-state index in [-0.39, 0.29) is 25.0 Å². The summed E-state index contributed by atoms with van der Waals surface area (Å²) >= 11 is 6.02. The molecule has 0 aliphatic heterocycles. The molecule has 0 atom stereocenters. The van der Waals surface area contributed by atoms with Crippen LogP contribution in [0.3, 0.4) is 0 Å². The molecule has 1 rings (SSSR count). The van der Waals surface area contributed by atoms with E-state index >= 15 is 0 Å². The van der Waals surface area contributed by atoms with Crippen LogP contribution in [0.2, 0.25) is 5.02 Å². The van der Waals surface area contributed by atoms with Crippen molar-refractivity contribution in [3.05, 3.63) is 34.9 Å². The van der Waals surface area contributed by atoms with Gasteiger partial charge in [0.2, 0.25) is 5.91 Å². The number of carboxylic acid groups (broad SMARTS) is 1. The Morgan fingerprint density at radius 1 is 1.43 bits per heavy atom. The summed E-state index contributed by atoms with van der Waals surface area (Å²) in [6, 6.07) is 5.09. The van der Waals surface area contributed by atoms with Crippen molar-refractivity contribution in [2.24, 2.45) is 0 Å². The number of carbonyl (C=O) groups is 2. The minimum atomic E-state index is -1.07. The van der Waals surface area contributed by atoms with Gasteiger partial charge in [0.25, 0.3) is 0 Å². The summed E-state index contributed by atoms with van der Waals surface area (Å²) < 4.78 is 5.51. The van der Waals surface area contributed by atoms with Gasteiger partial charge in [-0.1, -0.05) is 17.7 Å². The number of amides is 1. The molecule has 6 heteroatoms. The largest absolute Gasteiger partial charge is 0.492 e. The highest BCUT2D eigenvalue weighted by atomic mass is 35.5. The van der Waals surface area contributed by atoms with E-state index in [1.807, 2.05) is 13.8 Å². The standard InChI is InChI=1S/C15H18ClNO4/c1-10(2)17-14(18)8-9-21-13-5-3-4-12(16)11(13)6-7-15(19)20/h3-7,10H,8-9H2,1-2H3,(H,17,18)(H,19,20)/b7-6+. The molecule has 114 valence electrons. The lowest BCUT2D eigenvalue weighted by atomic mass is 10.2. The van der Waals surface area contributed by atoms with Gasteiger partial charge in [-0.15, -0.1) is 0 Å². The molecule has 1 amide bonds. The van der Waals surface area contributed by atoms with Crippen molar-refractivity contribution in [2.45, 2.75) is 26.3 Å². The number of hydrogen-bond acceptors (Lipinski definition) is 3. The minimum absolute atomic E-state index is 0.0812. The monoisotopic (exact) mass is 311 g/mol. The first-order valence-corrected chi connectivity index (χ1v) is 6.89. The quantitative estimate of drug-likeness (QED) is 0.759. The number of aliphatic carboxylic acids is 1. The summed E-state index contributed by atoms with van der Waals surface area (Å²) in [6.45, 7) is 3.95. The van der Waals surface area contributed by atoms with Crippen molar-refractivity contribution < 1.29 is 19.4 Å². The van der Waals surface area contributed by atoms with E-state index in [0.717, 1.165) is 6.08 Å². The van der Waals surface area contributed by atoms with E-state index in [0.29, 0.717) is 16.3 Å². The van der Waals surface area contributed by atoms with Gasteiger partial charge in [0, 0.05) is 17.7 Å². The molecule has 0 fully saturated rings. The third kappa shape index (κ3) is 6.31. The average molecular weight is 312 g/mol. The van der Waals surface area contributed by atoms with Crippen LogP contribution in [0.4, 0.5) is 0 Å². The van der Waals surface area contributed by atoms with Crippen LogP contribution in [-0.4, -0.2) is 29.6 Å². The van der Waals surface area contributed by atoms with Crippen LogP contribution in [0, 0.1) is 0 Å². The molecule has 0 bridgehead atoms. The zero-order valence-electron chi connectivity index (χ0n) is 11.9. The second-order valence-corrected chi connectivity index (χ2v) is 5.05. The summed E-state index contributed by atoms with van der Waals surface area (Å²) in [5, 5.41) is 11.8. The first-order chi connectivity index (χ1) is 9.90. The smallest absolute Gasteiger partial charge is 0.328 e. The second kappa shape index (κ2) is 8.32. The summed E-state index contributed by atoms with van der Waals surface area (Å²) in [4.78, 5) is 22.1. The molecular formula is C15H18ClNO4. The second-order valence-electron chi connectivity index (χ2n) is 4.64. The summed E-state index contributed by atoms with van der Waals surface area (Å²) in [5.74, 6) is -0.732. The highest BCUT2D eigenvalue weighted by molar-refractivity contribution is 6.32. The number of carboxylic acids is 1. The first-order valence-electron chi connectivity index (χ1n) is 6.52. The number of hydrogen-bond donors (Lipinski definition) is 2. The summed E-state index contributed by atoms with van der Waals surface area (Å²) in [5.41, 5.74) is 0.478. The number of halogens is 1. The normalized spacial score (nSPS) is 10.9. The Hall–Kier alpha value is -2.01. The van der Waals surface area contributed by atoms with Crippen LogP contribution in [-0.2, 0) is 9.59 Å². The zero-order chi connectivity index (χ0) is 15.8. The van der Waals surface area contributed by atoms with Crippen LogP contribution in [0.15, 0.2) is 24.3 Å². The Morgan fingerprint density at radius 3 is 2.76 bits per heavy atom. The number of rotatable bonds is 7. The van der Waals surface area contributed by atoms with Crippen LogP contribution in [0.1, 0.15) is 25.8 Å². The molecular weight excluding hydrogens is 294 g/mol. The lowest BCUT2D eigenvalue weighted by Gasteiger charge is -2.11.